The van der Waals surface area contributed by atoms with E-state index in [2.05, 4.69) is 37.9 Å². The van der Waals surface area contributed by atoms with Gasteiger partial charge in [0, 0.05) is 17.6 Å². The average Bonchev–Trinajstić information content (AvgIpc) is 2.40. The molecule has 0 aromatic heterocycles. The molecule has 1 heterocycles. The van der Waals surface area contributed by atoms with Gasteiger partial charge in [-0.15, -0.1) is 0 Å². The van der Waals surface area contributed by atoms with Crippen LogP contribution >= 0.6 is 0 Å². The molecular formula is C16H34N2O. The maximum atomic E-state index is 9.58. The molecule has 1 saturated heterocycles. The molecule has 1 aliphatic heterocycles. The van der Waals surface area contributed by atoms with Gasteiger partial charge in [0.1, 0.15) is 0 Å². The average molecular weight is 270 g/mol. The number of hydrogen-bond donors (Lipinski definition) is 2. The molecule has 1 rings (SSSR count). The van der Waals surface area contributed by atoms with Gasteiger partial charge in [-0.2, -0.15) is 0 Å². The van der Waals surface area contributed by atoms with Gasteiger partial charge >= 0.3 is 0 Å². The van der Waals surface area contributed by atoms with Gasteiger partial charge in [0.15, 0.2) is 0 Å². The Morgan fingerprint density at radius 3 is 2.42 bits per heavy atom. The van der Waals surface area contributed by atoms with Crippen molar-refractivity contribution in [2.75, 3.05) is 19.7 Å². The zero-order valence-electron chi connectivity index (χ0n) is 13.4. The SMILES string of the molecule is CCCNC(C)(CO)CCCN1C(C)CCCC1C. The lowest BCUT2D eigenvalue weighted by atomic mass is 9.94. The van der Waals surface area contributed by atoms with Crippen LogP contribution in [0.3, 0.4) is 0 Å². The van der Waals surface area contributed by atoms with Crippen LogP contribution in [0.1, 0.15) is 66.2 Å². The summed E-state index contributed by atoms with van der Waals surface area (Å²) in [5.74, 6) is 0. The standard InChI is InChI=1S/C16H34N2O/c1-5-11-17-16(4,13-19)10-7-12-18-14(2)8-6-9-15(18)3/h14-15,17,19H,5-13H2,1-4H3. The smallest absolute Gasteiger partial charge is 0.0610 e. The fraction of sp³-hybridized carbons (Fsp3) is 1.00. The fourth-order valence-electron chi connectivity index (χ4n) is 3.22. The maximum absolute atomic E-state index is 9.58. The Morgan fingerprint density at radius 1 is 1.26 bits per heavy atom. The van der Waals surface area contributed by atoms with E-state index in [1.165, 1.54) is 32.2 Å². The molecule has 0 aliphatic carbocycles. The van der Waals surface area contributed by atoms with Crippen molar-refractivity contribution < 1.29 is 5.11 Å². The lowest BCUT2D eigenvalue weighted by Crippen LogP contribution is -2.48. The van der Waals surface area contributed by atoms with Crippen LogP contribution in [0, 0.1) is 0 Å². The van der Waals surface area contributed by atoms with E-state index in [0.29, 0.717) is 0 Å². The number of nitrogens with one attached hydrogen (secondary N) is 1. The van der Waals surface area contributed by atoms with Crippen molar-refractivity contribution >= 4 is 0 Å². The molecule has 2 N–H and O–H groups in total. The second kappa shape index (κ2) is 8.23. The molecule has 0 aromatic rings. The minimum absolute atomic E-state index is 0.0989. The predicted molar refractivity (Wildman–Crippen MR) is 82.5 cm³/mol. The summed E-state index contributed by atoms with van der Waals surface area (Å²) in [5, 5.41) is 13.1. The van der Waals surface area contributed by atoms with Crippen LogP contribution in [-0.4, -0.2) is 47.3 Å². The van der Waals surface area contributed by atoms with Gasteiger partial charge in [-0.05, 0) is 66.0 Å². The summed E-state index contributed by atoms with van der Waals surface area (Å²) in [5.41, 5.74) is -0.0989. The van der Waals surface area contributed by atoms with Gasteiger partial charge in [-0.3, -0.25) is 4.90 Å². The normalized spacial score (nSPS) is 28.3. The molecule has 114 valence electrons. The summed E-state index contributed by atoms with van der Waals surface area (Å²) in [6.45, 7) is 11.4. The molecule has 3 heteroatoms. The summed E-state index contributed by atoms with van der Waals surface area (Å²) in [6.07, 6.45) is 7.41. The first kappa shape index (κ1) is 16.9. The van der Waals surface area contributed by atoms with E-state index in [9.17, 15) is 5.11 Å². The van der Waals surface area contributed by atoms with Crippen LogP contribution in [0.4, 0.5) is 0 Å². The van der Waals surface area contributed by atoms with E-state index in [0.717, 1.165) is 31.5 Å². The molecule has 3 atom stereocenters. The number of rotatable bonds is 8. The zero-order chi connectivity index (χ0) is 14.3. The van der Waals surface area contributed by atoms with E-state index in [1.54, 1.807) is 0 Å². The molecule has 0 amide bonds. The molecule has 19 heavy (non-hydrogen) atoms. The van der Waals surface area contributed by atoms with E-state index >= 15 is 0 Å². The molecule has 0 bridgehead atoms. The predicted octanol–water partition coefficient (Wildman–Crippen LogP) is 2.78. The molecule has 3 unspecified atom stereocenters. The Kier molecular flexibility index (Phi) is 7.33. The van der Waals surface area contributed by atoms with Crippen molar-refractivity contribution in [3.8, 4) is 0 Å². The van der Waals surface area contributed by atoms with Crippen LogP contribution in [0.5, 0.6) is 0 Å². The van der Waals surface area contributed by atoms with Crippen molar-refractivity contribution in [2.24, 2.45) is 0 Å². The first-order chi connectivity index (χ1) is 9.02. The topological polar surface area (TPSA) is 35.5 Å². The van der Waals surface area contributed by atoms with Crippen molar-refractivity contribution in [1.29, 1.82) is 0 Å². The third-order valence-electron chi connectivity index (χ3n) is 4.67. The molecule has 0 aromatic carbocycles. The Bertz CT molecular complexity index is 237. The molecule has 0 saturated carbocycles. The van der Waals surface area contributed by atoms with Crippen molar-refractivity contribution in [1.82, 2.24) is 10.2 Å². The van der Waals surface area contributed by atoms with Gasteiger partial charge in [0.05, 0.1) is 6.61 Å². The van der Waals surface area contributed by atoms with E-state index in [1.807, 2.05) is 0 Å². The largest absolute Gasteiger partial charge is 0.394 e. The second-order valence-electron chi connectivity index (χ2n) is 6.62. The number of aliphatic hydroxyl groups is 1. The highest BCUT2D eigenvalue weighted by Crippen LogP contribution is 2.23. The summed E-state index contributed by atoms with van der Waals surface area (Å²) < 4.78 is 0. The number of aliphatic hydroxyl groups excluding tert-OH is 1. The highest BCUT2D eigenvalue weighted by Gasteiger charge is 2.26. The van der Waals surface area contributed by atoms with Gasteiger partial charge in [0.2, 0.25) is 0 Å². The van der Waals surface area contributed by atoms with Crippen molar-refractivity contribution in [2.45, 2.75) is 83.8 Å². The van der Waals surface area contributed by atoms with Crippen LogP contribution in [0.15, 0.2) is 0 Å². The van der Waals surface area contributed by atoms with Crippen LogP contribution in [0.2, 0.25) is 0 Å². The number of hydrogen-bond acceptors (Lipinski definition) is 3. The summed E-state index contributed by atoms with van der Waals surface area (Å²) in [6, 6.07) is 1.46. The Balaban J connectivity index is 2.34. The number of nitrogens with zero attached hydrogens (tertiary/aromatic N) is 1. The maximum Gasteiger partial charge on any atom is 0.0610 e. The minimum atomic E-state index is -0.0989. The molecule has 1 aliphatic rings. The molecule has 0 spiro atoms. The van der Waals surface area contributed by atoms with Crippen molar-refractivity contribution in [3.63, 3.8) is 0 Å². The van der Waals surface area contributed by atoms with E-state index < -0.39 is 0 Å². The van der Waals surface area contributed by atoms with Crippen LogP contribution in [-0.2, 0) is 0 Å². The minimum Gasteiger partial charge on any atom is -0.394 e. The summed E-state index contributed by atoms with van der Waals surface area (Å²) >= 11 is 0. The number of likely N-dealkylation sites (tertiary alicyclic amines) is 1. The quantitative estimate of drug-likeness (QED) is 0.712. The van der Waals surface area contributed by atoms with E-state index in [4.69, 9.17) is 0 Å². The monoisotopic (exact) mass is 270 g/mol. The Morgan fingerprint density at radius 2 is 1.89 bits per heavy atom. The zero-order valence-corrected chi connectivity index (χ0v) is 13.4. The lowest BCUT2D eigenvalue weighted by molar-refractivity contribution is 0.0927. The second-order valence-corrected chi connectivity index (χ2v) is 6.62. The van der Waals surface area contributed by atoms with E-state index in [-0.39, 0.29) is 12.1 Å². The Labute approximate surface area is 119 Å². The molecular weight excluding hydrogens is 236 g/mol. The highest BCUT2D eigenvalue weighted by molar-refractivity contribution is 4.84. The van der Waals surface area contributed by atoms with Gasteiger partial charge in [0.25, 0.3) is 0 Å². The third-order valence-corrected chi connectivity index (χ3v) is 4.67. The number of piperidine rings is 1. The fourth-order valence-corrected chi connectivity index (χ4v) is 3.22. The molecule has 0 radical (unpaired) electrons. The highest BCUT2D eigenvalue weighted by atomic mass is 16.3. The van der Waals surface area contributed by atoms with Gasteiger partial charge < -0.3 is 10.4 Å². The van der Waals surface area contributed by atoms with Gasteiger partial charge in [-0.1, -0.05) is 13.3 Å². The Hall–Kier alpha value is -0.120. The lowest BCUT2D eigenvalue weighted by Gasteiger charge is -2.40. The molecule has 1 fully saturated rings. The van der Waals surface area contributed by atoms with Crippen molar-refractivity contribution in [3.05, 3.63) is 0 Å². The first-order valence-corrected chi connectivity index (χ1v) is 8.14. The van der Waals surface area contributed by atoms with Crippen LogP contribution < -0.4 is 5.32 Å². The third kappa shape index (κ3) is 5.41. The summed E-state index contributed by atoms with van der Waals surface area (Å²) in [4.78, 5) is 2.65. The molecule has 3 nitrogen and oxygen atoms in total. The first-order valence-electron chi connectivity index (χ1n) is 8.14. The van der Waals surface area contributed by atoms with Crippen LogP contribution in [0.25, 0.3) is 0 Å². The van der Waals surface area contributed by atoms with Gasteiger partial charge in [-0.25, -0.2) is 0 Å². The summed E-state index contributed by atoms with van der Waals surface area (Å²) in [7, 11) is 0.